The molecule has 2 aromatic rings. The van der Waals surface area contributed by atoms with Crippen molar-refractivity contribution in [2.24, 2.45) is 5.73 Å². The van der Waals surface area contributed by atoms with Crippen molar-refractivity contribution in [3.8, 4) is 28.8 Å². The van der Waals surface area contributed by atoms with Crippen molar-refractivity contribution in [2.45, 2.75) is 6.54 Å². The molecule has 1 aromatic heterocycles. The van der Waals surface area contributed by atoms with Gasteiger partial charge in [-0.3, -0.25) is 0 Å². The zero-order chi connectivity index (χ0) is 13.8. The fourth-order valence-corrected chi connectivity index (χ4v) is 2.46. The van der Waals surface area contributed by atoms with Gasteiger partial charge in [-0.2, -0.15) is 5.26 Å². The first kappa shape index (κ1) is 13.3. The molecule has 5 nitrogen and oxygen atoms in total. The van der Waals surface area contributed by atoms with Gasteiger partial charge in [-0.25, -0.2) is 4.98 Å². The molecule has 2 N–H and O–H groups in total. The molecule has 0 aliphatic carbocycles. The van der Waals surface area contributed by atoms with E-state index in [0.29, 0.717) is 28.6 Å². The number of hydrogen-bond donors (Lipinski definition) is 1. The lowest BCUT2D eigenvalue weighted by Gasteiger charge is -2.08. The van der Waals surface area contributed by atoms with Crippen LogP contribution < -0.4 is 15.2 Å². The lowest BCUT2D eigenvalue weighted by molar-refractivity contribution is 0.395. The number of thiazole rings is 1. The molecule has 0 radical (unpaired) electrons. The van der Waals surface area contributed by atoms with Crippen LogP contribution in [0.25, 0.3) is 11.3 Å². The highest BCUT2D eigenvalue weighted by atomic mass is 32.1. The van der Waals surface area contributed by atoms with E-state index in [4.69, 9.17) is 20.5 Å². The largest absolute Gasteiger partial charge is 0.497 e. The van der Waals surface area contributed by atoms with Crippen LogP contribution in [0.15, 0.2) is 18.2 Å². The van der Waals surface area contributed by atoms with Crippen LogP contribution in [-0.2, 0) is 6.54 Å². The zero-order valence-corrected chi connectivity index (χ0v) is 11.5. The molecule has 0 saturated heterocycles. The fourth-order valence-electron chi connectivity index (χ4n) is 1.70. The molecule has 1 aromatic carbocycles. The summed E-state index contributed by atoms with van der Waals surface area (Å²) in [6.45, 7) is 0.317. The first-order valence-corrected chi connectivity index (χ1v) is 6.37. The highest BCUT2D eigenvalue weighted by Gasteiger charge is 2.16. The molecule has 0 fully saturated rings. The average Bonchev–Trinajstić information content (AvgIpc) is 2.89. The van der Waals surface area contributed by atoms with Crippen LogP contribution in [0.3, 0.4) is 0 Å². The van der Waals surface area contributed by atoms with Gasteiger partial charge in [0.25, 0.3) is 0 Å². The minimum Gasteiger partial charge on any atom is -0.497 e. The lowest BCUT2D eigenvalue weighted by atomic mass is 10.1. The van der Waals surface area contributed by atoms with Crippen molar-refractivity contribution in [3.05, 3.63) is 28.1 Å². The van der Waals surface area contributed by atoms with E-state index in [0.717, 1.165) is 10.6 Å². The van der Waals surface area contributed by atoms with E-state index in [1.54, 1.807) is 26.4 Å². The van der Waals surface area contributed by atoms with Crippen molar-refractivity contribution in [2.75, 3.05) is 14.2 Å². The average molecular weight is 275 g/mol. The first-order valence-electron chi connectivity index (χ1n) is 5.55. The molecule has 0 aliphatic heterocycles. The fraction of sp³-hybridized carbons (Fsp3) is 0.231. The van der Waals surface area contributed by atoms with Crippen LogP contribution in [0, 0.1) is 11.3 Å². The summed E-state index contributed by atoms with van der Waals surface area (Å²) in [5.41, 5.74) is 6.93. The van der Waals surface area contributed by atoms with Crippen molar-refractivity contribution < 1.29 is 9.47 Å². The van der Waals surface area contributed by atoms with Crippen LogP contribution >= 0.6 is 11.3 Å². The second-order valence-corrected chi connectivity index (χ2v) is 4.75. The Bertz CT molecular complexity index is 631. The Kier molecular flexibility index (Phi) is 4.00. The number of nitriles is 1. The lowest BCUT2D eigenvalue weighted by Crippen LogP contribution is -1.95. The monoisotopic (exact) mass is 275 g/mol. The maximum atomic E-state index is 9.17. The van der Waals surface area contributed by atoms with Gasteiger partial charge in [0.15, 0.2) is 0 Å². The summed E-state index contributed by atoms with van der Waals surface area (Å²) in [6.07, 6.45) is 0. The molecule has 0 spiro atoms. The third kappa shape index (κ3) is 2.52. The topological polar surface area (TPSA) is 81.2 Å². The van der Waals surface area contributed by atoms with Crippen LogP contribution in [0.2, 0.25) is 0 Å². The Hall–Kier alpha value is -2.10. The van der Waals surface area contributed by atoms with Gasteiger partial charge < -0.3 is 15.2 Å². The van der Waals surface area contributed by atoms with Gasteiger partial charge in [-0.05, 0) is 12.1 Å². The third-order valence-electron chi connectivity index (χ3n) is 2.61. The van der Waals surface area contributed by atoms with E-state index in [2.05, 4.69) is 11.1 Å². The van der Waals surface area contributed by atoms with E-state index in [-0.39, 0.29) is 0 Å². The number of aromatic nitrogens is 1. The van der Waals surface area contributed by atoms with E-state index in [1.807, 2.05) is 6.07 Å². The molecular formula is C13H13N3O2S. The number of nitrogens with zero attached hydrogens (tertiary/aromatic N) is 2. The number of nitrogens with two attached hydrogens (primary N) is 1. The Morgan fingerprint density at radius 1 is 1.37 bits per heavy atom. The molecule has 0 atom stereocenters. The summed E-state index contributed by atoms with van der Waals surface area (Å²) in [7, 11) is 3.16. The van der Waals surface area contributed by atoms with Crippen molar-refractivity contribution in [3.63, 3.8) is 0 Å². The van der Waals surface area contributed by atoms with E-state index in [9.17, 15) is 0 Å². The molecule has 0 bridgehead atoms. The van der Waals surface area contributed by atoms with Crippen LogP contribution in [0.4, 0.5) is 0 Å². The van der Waals surface area contributed by atoms with E-state index in [1.165, 1.54) is 11.3 Å². The van der Waals surface area contributed by atoms with Gasteiger partial charge in [0.1, 0.15) is 33.1 Å². The summed E-state index contributed by atoms with van der Waals surface area (Å²) >= 11 is 1.30. The Labute approximate surface area is 115 Å². The predicted molar refractivity (Wildman–Crippen MR) is 73.3 cm³/mol. The van der Waals surface area contributed by atoms with Crippen LogP contribution in [0.1, 0.15) is 9.88 Å². The van der Waals surface area contributed by atoms with Crippen LogP contribution in [0.5, 0.6) is 11.5 Å². The minimum absolute atomic E-state index is 0.317. The van der Waals surface area contributed by atoms with Gasteiger partial charge in [0, 0.05) is 18.2 Å². The second kappa shape index (κ2) is 5.69. The smallest absolute Gasteiger partial charge is 0.133 e. The Morgan fingerprint density at radius 3 is 2.74 bits per heavy atom. The first-order chi connectivity index (χ1) is 9.23. The molecule has 98 valence electrons. The Balaban J connectivity index is 2.58. The maximum Gasteiger partial charge on any atom is 0.133 e. The number of methoxy groups -OCH3 is 2. The molecule has 19 heavy (non-hydrogen) atoms. The quantitative estimate of drug-likeness (QED) is 0.924. The van der Waals surface area contributed by atoms with E-state index < -0.39 is 0 Å². The molecule has 1 heterocycles. The van der Waals surface area contributed by atoms with Gasteiger partial charge in [-0.1, -0.05) is 0 Å². The second-order valence-electron chi connectivity index (χ2n) is 3.67. The number of ether oxygens (including phenoxy) is 2. The molecule has 0 aliphatic rings. The summed E-state index contributed by atoms with van der Waals surface area (Å²) in [5.74, 6) is 1.30. The van der Waals surface area contributed by atoms with Gasteiger partial charge in [0.05, 0.1) is 14.2 Å². The SMILES string of the molecule is COc1ccc(-c2nc(CN)sc2C#N)c(OC)c1. The van der Waals surface area contributed by atoms with Gasteiger partial charge >= 0.3 is 0 Å². The third-order valence-corrected chi connectivity index (χ3v) is 3.59. The van der Waals surface area contributed by atoms with Gasteiger partial charge in [0.2, 0.25) is 0 Å². The highest BCUT2D eigenvalue weighted by Crippen LogP contribution is 2.36. The maximum absolute atomic E-state index is 9.17. The van der Waals surface area contributed by atoms with Crippen molar-refractivity contribution >= 4 is 11.3 Å². The number of benzene rings is 1. The van der Waals surface area contributed by atoms with Crippen molar-refractivity contribution in [1.82, 2.24) is 4.98 Å². The number of rotatable bonds is 4. The predicted octanol–water partition coefficient (Wildman–Crippen LogP) is 2.16. The summed E-state index contributed by atoms with van der Waals surface area (Å²) in [4.78, 5) is 4.92. The summed E-state index contributed by atoms with van der Waals surface area (Å²) in [5, 5.41) is 9.89. The molecule has 0 saturated carbocycles. The molecule has 0 amide bonds. The minimum atomic E-state index is 0.317. The molecule has 2 rings (SSSR count). The normalized spacial score (nSPS) is 10.0. The van der Waals surface area contributed by atoms with Crippen molar-refractivity contribution in [1.29, 1.82) is 5.26 Å². The molecule has 0 unspecified atom stereocenters. The van der Waals surface area contributed by atoms with Gasteiger partial charge in [-0.15, -0.1) is 11.3 Å². The molecular weight excluding hydrogens is 262 g/mol. The Morgan fingerprint density at radius 2 is 2.16 bits per heavy atom. The standard InChI is InChI=1S/C13H13N3O2S/c1-17-8-3-4-9(10(5-8)18-2)13-11(6-14)19-12(7-15)16-13/h3-5H,7,15H2,1-2H3. The zero-order valence-electron chi connectivity index (χ0n) is 10.6. The summed E-state index contributed by atoms with van der Waals surface area (Å²) < 4.78 is 10.5. The summed E-state index contributed by atoms with van der Waals surface area (Å²) in [6, 6.07) is 7.54. The highest BCUT2D eigenvalue weighted by molar-refractivity contribution is 7.12. The van der Waals surface area contributed by atoms with E-state index >= 15 is 0 Å². The number of hydrogen-bond acceptors (Lipinski definition) is 6. The van der Waals surface area contributed by atoms with Crippen LogP contribution in [-0.4, -0.2) is 19.2 Å². The molecule has 6 heteroatoms.